The molecule has 128 valence electrons. The summed E-state index contributed by atoms with van der Waals surface area (Å²) in [7, 11) is 0. The number of carbonyl (C=O) groups excluding carboxylic acids is 1. The molecule has 2 aromatic rings. The van der Waals surface area contributed by atoms with Crippen molar-refractivity contribution in [3.63, 3.8) is 0 Å². The van der Waals surface area contributed by atoms with E-state index in [1.54, 1.807) is 6.33 Å². The largest absolute Gasteiger partial charge is 0.384 e. The lowest BCUT2D eigenvalue weighted by Gasteiger charge is -2.31. The average molecular weight is 327 g/mol. The van der Waals surface area contributed by atoms with Gasteiger partial charge in [0.25, 0.3) is 5.91 Å². The molecule has 1 saturated heterocycles. The number of carbonyl (C=O) groups is 1. The maximum absolute atomic E-state index is 12.9. The fraction of sp³-hybridized carbons (Fsp3) is 0.500. The van der Waals surface area contributed by atoms with Crippen LogP contribution < -0.4 is 5.32 Å². The van der Waals surface area contributed by atoms with Crippen LogP contribution in [0.4, 0.5) is 5.69 Å². The number of nitrogens with zero attached hydrogens (tertiary/aromatic N) is 3. The molecule has 1 aromatic carbocycles. The van der Waals surface area contributed by atoms with Crippen LogP contribution in [0.15, 0.2) is 30.6 Å². The predicted octanol–water partition coefficient (Wildman–Crippen LogP) is 3.04. The zero-order valence-corrected chi connectivity index (χ0v) is 14.2. The predicted molar refractivity (Wildman–Crippen MR) is 94.1 cm³/mol. The van der Waals surface area contributed by atoms with E-state index in [2.05, 4.69) is 27.4 Å². The van der Waals surface area contributed by atoms with E-state index >= 15 is 0 Å². The van der Waals surface area contributed by atoms with Gasteiger partial charge in [-0.25, -0.2) is 4.98 Å². The Morgan fingerprint density at radius 3 is 2.83 bits per heavy atom. The van der Waals surface area contributed by atoms with E-state index in [4.69, 9.17) is 0 Å². The van der Waals surface area contributed by atoms with E-state index in [1.165, 1.54) is 0 Å². The minimum atomic E-state index is 0.116. The first-order valence-electron chi connectivity index (χ1n) is 8.77. The SMILES string of the molecule is CCCCNc1ccccc1C(=O)N1CCC(c2ncn[nH]2)CC1. The highest BCUT2D eigenvalue weighted by Gasteiger charge is 2.26. The second-order valence-electron chi connectivity index (χ2n) is 6.26. The molecule has 1 fully saturated rings. The number of benzene rings is 1. The van der Waals surface area contributed by atoms with Crippen molar-refractivity contribution in [3.05, 3.63) is 42.0 Å². The highest BCUT2D eigenvalue weighted by atomic mass is 16.2. The summed E-state index contributed by atoms with van der Waals surface area (Å²) < 4.78 is 0. The van der Waals surface area contributed by atoms with Crippen LogP contribution >= 0.6 is 0 Å². The van der Waals surface area contributed by atoms with Gasteiger partial charge in [-0.05, 0) is 31.4 Å². The number of hydrogen-bond donors (Lipinski definition) is 2. The normalized spacial score (nSPS) is 15.5. The van der Waals surface area contributed by atoms with Gasteiger partial charge in [0.2, 0.25) is 0 Å². The second-order valence-corrected chi connectivity index (χ2v) is 6.26. The molecule has 1 aromatic heterocycles. The van der Waals surface area contributed by atoms with Gasteiger partial charge in [-0.3, -0.25) is 9.89 Å². The van der Waals surface area contributed by atoms with E-state index in [0.29, 0.717) is 5.92 Å². The van der Waals surface area contributed by atoms with E-state index < -0.39 is 0 Å². The summed E-state index contributed by atoms with van der Waals surface area (Å²) in [6.45, 7) is 4.58. The maximum Gasteiger partial charge on any atom is 0.255 e. The summed E-state index contributed by atoms with van der Waals surface area (Å²) in [4.78, 5) is 19.1. The number of rotatable bonds is 6. The van der Waals surface area contributed by atoms with Crippen LogP contribution in [0.25, 0.3) is 0 Å². The number of nitrogens with one attached hydrogen (secondary N) is 2. The number of amides is 1. The first-order chi connectivity index (χ1) is 11.8. The molecule has 6 heteroatoms. The second kappa shape index (κ2) is 7.95. The first kappa shape index (κ1) is 16.5. The molecule has 0 radical (unpaired) electrons. The van der Waals surface area contributed by atoms with Gasteiger partial charge in [0.15, 0.2) is 0 Å². The molecule has 0 saturated carbocycles. The number of aromatic amines is 1. The van der Waals surface area contributed by atoms with Crippen LogP contribution in [0.1, 0.15) is 54.7 Å². The third kappa shape index (κ3) is 3.75. The van der Waals surface area contributed by atoms with E-state index in [0.717, 1.165) is 62.4 Å². The highest BCUT2D eigenvalue weighted by molar-refractivity contribution is 5.99. The Morgan fingerprint density at radius 1 is 1.33 bits per heavy atom. The molecule has 2 heterocycles. The topological polar surface area (TPSA) is 73.9 Å². The molecule has 0 bridgehead atoms. The van der Waals surface area contributed by atoms with Crippen LogP contribution in [0.5, 0.6) is 0 Å². The molecule has 0 spiro atoms. The maximum atomic E-state index is 12.9. The molecular weight excluding hydrogens is 302 g/mol. The number of H-pyrrole nitrogens is 1. The van der Waals surface area contributed by atoms with Crippen molar-refractivity contribution in [2.24, 2.45) is 0 Å². The van der Waals surface area contributed by atoms with Crippen LogP contribution in [-0.4, -0.2) is 45.6 Å². The fourth-order valence-electron chi connectivity index (χ4n) is 3.16. The molecule has 1 aliphatic heterocycles. The van der Waals surface area contributed by atoms with Gasteiger partial charge in [0, 0.05) is 31.2 Å². The van der Waals surface area contributed by atoms with Crippen molar-refractivity contribution in [1.82, 2.24) is 20.1 Å². The number of piperidine rings is 1. The first-order valence-corrected chi connectivity index (χ1v) is 8.77. The zero-order valence-electron chi connectivity index (χ0n) is 14.2. The van der Waals surface area contributed by atoms with Gasteiger partial charge in [-0.2, -0.15) is 5.10 Å². The van der Waals surface area contributed by atoms with E-state index in [9.17, 15) is 4.79 Å². The Balaban J connectivity index is 1.63. The third-order valence-electron chi connectivity index (χ3n) is 4.61. The van der Waals surface area contributed by atoms with E-state index in [1.807, 2.05) is 29.2 Å². The van der Waals surface area contributed by atoms with Crippen LogP contribution in [0.3, 0.4) is 0 Å². The lowest BCUT2D eigenvalue weighted by molar-refractivity contribution is 0.0712. The molecule has 1 amide bonds. The van der Waals surface area contributed by atoms with Crippen LogP contribution in [0.2, 0.25) is 0 Å². The summed E-state index contributed by atoms with van der Waals surface area (Å²) >= 11 is 0. The number of unbranched alkanes of at least 4 members (excludes halogenated alkanes) is 1. The smallest absolute Gasteiger partial charge is 0.255 e. The van der Waals surface area contributed by atoms with Gasteiger partial charge in [-0.15, -0.1) is 0 Å². The summed E-state index contributed by atoms with van der Waals surface area (Å²) in [5.41, 5.74) is 1.71. The molecule has 2 N–H and O–H groups in total. The number of likely N-dealkylation sites (tertiary alicyclic amines) is 1. The number of para-hydroxylation sites is 1. The average Bonchev–Trinajstić information content (AvgIpc) is 3.17. The quantitative estimate of drug-likeness (QED) is 0.800. The van der Waals surface area contributed by atoms with Gasteiger partial charge in [0.1, 0.15) is 12.2 Å². The third-order valence-corrected chi connectivity index (χ3v) is 4.61. The zero-order chi connectivity index (χ0) is 16.8. The Kier molecular flexibility index (Phi) is 5.46. The van der Waals surface area contributed by atoms with Crippen molar-refractivity contribution < 1.29 is 4.79 Å². The molecule has 1 aliphatic rings. The molecule has 24 heavy (non-hydrogen) atoms. The van der Waals surface area contributed by atoms with Crippen molar-refractivity contribution >= 4 is 11.6 Å². The van der Waals surface area contributed by atoms with Gasteiger partial charge >= 0.3 is 0 Å². The summed E-state index contributed by atoms with van der Waals surface area (Å²) in [6.07, 6.45) is 5.63. The van der Waals surface area contributed by atoms with Crippen molar-refractivity contribution in [2.75, 3.05) is 25.0 Å². The monoisotopic (exact) mass is 327 g/mol. The number of hydrogen-bond acceptors (Lipinski definition) is 4. The molecule has 0 unspecified atom stereocenters. The molecular formula is C18H25N5O. The van der Waals surface area contributed by atoms with Gasteiger partial charge < -0.3 is 10.2 Å². The Hall–Kier alpha value is -2.37. The van der Waals surface area contributed by atoms with Crippen LogP contribution in [0, 0.1) is 0 Å². The van der Waals surface area contributed by atoms with Crippen LogP contribution in [-0.2, 0) is 0 Å². The highest BCUT2D eigenvalue weighted by Crippen LogP contribution is 2.27. The fourth-order valence-corrected chi connectivity index (χ4v) is 3.16. The molecule has 3 rings (SSSR count). The number of anilines is 1. The van der Waals surface area contributed by atoms with Crippen molar-refractivity contribution in [2.45, 2.75) is 38.5 Å². The summed E-state index contributed by atoms with van der Waals surface area (Å²) in [5, 5.41) is 10.3. The molecule has 0 atom stereocenters. The number of aromatic nitrogens is 3. The lowest BCUT2D eigenvalue weighted by Crippen LogP contribution is -2.38. The van der Waals surface area contributed by atoms with E-state index in [-0.39, 0.29) is 5.91 Å². The molecule has 0 aliphatic carbocycles. The summed E-state index contributed by atoms with van der Waals surface area (Å²) in [5.74, 6) is 1.42. The Morgan fingerprint density at radius 2 is 2.12 bits per heavy atom. The van der Waals surface area contributed by atoms with Gasteiger partial charge in [-0.1, -0.05) is 25.5 Å². The Bertz CT molecular complexity index is 647. The van der Waals surface area contributed by atoms with Gasteiger partial charge in [0.05, 0.1) is 5.56 Å². The lowest BCUT2D eigenvalue weighted by atomic mass is 9.95. The standard InChI is InChI=1S/C18H25N5O/c1-2-3-10-19-16-7-5-4-6-15(16)18(24)23-11-8-14(9-12-23)17-20-13-21-22-17/h4-7,13-14,19H,2-3,8-12H2,1H3,(H,20,21,22). The minimum absolute atomic E-state index is 0.116. The summed E-state index contributed by atoms with van der Waals surface area (Å²) in [6, 6.07) is 7.81. The van der Waals surface area contributed by atoms with Crippen molar-refractivity contribution in [1.29, 1.82) is 0 Å². The Labute approximate surface area is 142 Å². The molecule has 6 nitrogen and oxygen atoms in total. The van der Waals surface area contributed by atoms with Crippen molar-refractivity contribution in [3.8, 4) is 0 Å². The minimum Gasteiger partial charge on any atom is -0.384 e.